The Morgan fingerprint density at radius 1 is 0.704 bits per heavy atom. The van der Waals surface area contributed by atoms with Gasteiger partial charge in [0.05, 0.1) is 25.8 Å². The minimum absolute atomic E-state index is 0.0142. The van der Waals surface area contributed by atoms with Gasteiger partial charge < -0.3 is 56.6 Å². The topological polar surface area (TPSA) is 171 Å². The first kappa shape index (κ1) is 47.7. The minimum atomic E-state index is -2.87. The van der Waals surface area contributed by atoms with Crippen molar-refractivity contribution in [2.24, 2.45) is 0 Å². The number of nitrogens with one attached hydrogen (secondary N) is 3. The monoisotopic (exact) mass is 817 g/mol. The van der Waals surface area contributed by atoms with E-state index in [4.69, 9.17) is 35.7 Å². The normalized spacial score (nSPS) is 14.1. The van der Waals surface area contributed by atoms with Crippen molar-refractivity contribution in [1.29, 1.82) is 0 Å². The van der Waals surface area contributed by atoms with E-state index in [1.807, 2.05) is 65.8 Å². The molecule has 1 aliphatic heterocycles. The Hall–Kier alpha value is -2.44. The third kappa shape index (κ3) is 18.0. The van der Waals surface area contributed by atoms with Crippen LogP contribution in [0.3, 0.4) is 0 Å². The number of carbonyl (C=O) groups is 3. The molecule has 1 aromatic rings. The number of benzene rings is 1. The number of ether oxygens (including phenoxy) is 1. The lowest BCUT2D eigenvalue weighted by Crippen LogP contribution is -2.49. The average molecular weight is 818 g/mol. The van der Waals surface area contributed by atoms with Gasteiger partial charge in [0.1, 0.15) is 10.5 Å². The lowest BCUT2D eigenvalue weighted by atomic mass is 10.1. The molecule has 1 heterocycles. The molecule has 1 fully saturated rings. The van der Waals surface area contributed by atoms with Gasteiger partial charge >= 0.3 is 35.7 Å². The van der Waals surface area contributed by atoms with E-state index >= 15 is 0 Å². The van der Waals surface area contributed by atoms with E-state index in [0.717, 1.165) is 16.0 Å². The standard InChI is InChI=1S/C35H67N5O11Si3/c1-7-46-53(47-8-2,48-9-3)23-15-20-36-33(41)39(28-32-29-44-32)26-30-17-13-18-31(25-30)27-40(34(42)37-19-14-22-45-52)35(43)38-21-16-24-54(49-10-4,50-11-5)51-12-6/h13,17-18,25,32H,7-12,14-16,19-24,26-29H2,1-6,52H3,(H,36,41)(H,37,42)(H,38,43). The summed E-state index contributed by atoms with van der Waals surface area (Å²) in [6, 6.07) is 7.44. The smallest absolute Gasteiger partial charge is 0.428 e. The molecule has 1 aliphatic rings. The van der Waals surface area contributed by atoms with Gasteiger partial charge in [-0.1, -0.05) is 24.3 Å². The van der Waals surface area contributed by atoms with Crippen molar-refractivity contribution >= 4 is 46.2 Å². The Balaban J connectivity index is 2.11. The Kier molecular flexibility index (Phi) is 24.0. The molecule has 0 saturated carbocycles. The number of imide groups is 1. The number of nitrogens with zero attached hydrogens (tertiary/aromatic N) is 2. The molecule has 16 nitrogen and oxygen atoms in total. The van der Waals surface area contributed by atoms with Crippen molar-refractivity contribution in [2.75, 3.05) is 79.0 Å². The largest absolute Gasteiger partial charge is 0.500 e. The van der Waals surface area contributed by atoms with Crippen LogP contribution >= 0.6 is 0 Å². The molecule has 0 spiro atoms. The molecule has 0 radical (unpaired) electrons. The van der Waals surface area contributed by atoms with Crippen molar-refractivity contribution in [3.05, 3.63) is 35.4 Å². The summed E-state index contributed by atoms with van der Waals surface area (Å²) in [6.45, 7) is 17.4. The van der Waals surface area contributed by atoms with E-state index in [-0.39, 0.29) is 18.7 Å². The van der Waals surface area contributed by atoms with Gasteiger partial charge in [0.2, 0.25) is 0 Å². The van der Waals surface area contributed by atoms with Crippen LogP contribution in [-0.4, -0.2) is 141 Å². The number of urea groups is 3. The second kappa shape index (κ2) is 27.2. The van der Waals surface area contributed by atoms with Crippen LogP contribution < -0.4 is 16.0 Å². The maximum Gasteiger partial charge on any atom is 0.500 e. The zero-order valence-corrected chi connectivity index (χ0v) is 37.7. The molecule has 310 valence electrons. The molecular formula is C35H67N5O11Si3. The van der Waals surface area contributed by atoms with Gasteiger partial charge in [0.15, 0.2) is 0 Å². The second-order valence-corrected chi connectivity index (χ2v) is 18.5. The molecule has 3 N–H and O–H groups in total. The van der Waals surface area contributed by atoms with E-state index in [2.05, 4.69) is 16.0 Å². The fraction of sp³-hybridized carbons (Fsp3) is 0.743. The Labute approximate surface area is 327 Å². The molecule has 0 bridgehead atoms. The molecule has 1 unspecified atom stereocenters. The summed E-state index contributed by atoms with van der Waals surface area (Å²) in [5.41, 5.74) is 1.59. The van der Waals surface area contributed by atoms with Gasteiger partial charge in [-0.25, -0.2) is 19.3 Å². The van der Waals surface area contributed by atoms with Crippen molar-refractivity contribution in [3.8, 4) is 0 Å². The van der Waals surface area contributed by atoms with E-state index in [1.54, 1.807) is 4.90 Å². The van der Waals surface area contributed by atoms with Gasteiger partial charge in [-0.15, -0.1) is 0 Å². The molecule has 1 atom stereocenters. The molecule has 0 aliphatic carbocycles. The highest BCUT2D eigenvalue weighted by atomic mass is 28.4. The van der Waals surface area contributed by atoms with Crippen molar-refractivity contribution in [3.63, 3.8) is 0 Å². The maximum atomic E-state index is 13.5. The predicted octanol–water partition coefficient (Wildman–Crippen LogP) is 3.38. The number of carbonyl (C=O) groups excluding carboxylic acids is 3. The first-order valence-corrected chi connectivity index (χ1v) is 24.2. The first-order valence-electron chi connectivity index (χ1n) is 19.5. The predicted molar refractivity (Wildman–Crippen MR) is 213 cm³/mol. The number of epoxide rings is 1. The Morgan fingerprint density at radius 3 is 1.56 bits per heavy atom. The van der Waals surface area contributed by atoms with Crippen molar-refractivity contribution in [1.82, 2.24) is 25.8 Å². The van der Waals surface area contributed by atoms with Gasteiger partial charge in [0.25, 0.3) is 0 Å². The van der Waals surface area contributed by atoms with E-state index < -0.39 is 29.7 Å². The molecular weight excluding hydrogens is 751 g/mol. The zero-order valence-electron chi connectivity index (χ0n) is 33.7. The van der Waals surface area contributed by atoms with Crippen molar-refractivity contribution < 1.29 is 50.1 Å². The second-order valence-electron chi connectivity index (χ2n) is 12.5. The summed E-state index contributed by atoms with van der Waals surface area (Å²) >= 11 is 0. The molecule has 1 saturated heterocycles. The SMILES string of the molecule is CCO[Si](CCCNC(=O)N(Cc1cccc(CN(C(=O)NCCCO[SiH3])C(=O)NCCC[Si](OCC)(OCC)OCC)c1)CC1CO1)(OCC)OCC. The fourth-order valence-corrected chi connectivity index (χ4v) is 11.3. The van der Waals surface area contributed by atoms with Crippen LogP contribution in [0.25, 0.3) is 0 Å². The van der Waals surface area contributed by atoms with Crippen molar-refractivity contribution in [2.45, 2.75) is 92.1 Å². The lowest BCUT2D eigenvalue weighted by Gasteiger charge is -2.28. The quantitative estimate of drug-likeness (QED) is 0.0591. The minimum Gasteiger partial charge on any atom is -0.428 e. The molecule has 1 aromatic carbocycles. The molecule has 19 heteroatoms. The van der Waals surface area contributed by atoms with Crippen LogP contribution in [0.1, 0.15) is 71.9 Å². The fourth-order valence-electron chi connectivity index (χ4n) is 5.82. The lowest BCUT2D eigenvalue weighted by molar-refractivity contribution is 0.0700. The summed E-state index contributed by atoms with van der Waals surface area (Å²) in [5.74, 6) is 0. The zero-order chi connectivity index (χ0) is 39.7. The van der Waals surface area contributed by atoms with Gasteiger partial charge in [0, 0.05) is 84.5 Å². The van der Waals surface area contributed by atoms with Gasteiger partial charge in [-0.05, 0) is 71.9 Å². The highest BCUT2D eigenvalue weighted by molar-refractivity contribution is 6.61. The number of rotatable bonds is 30. The molecule has 54 heavy (non-hydrogen) atoms. The summed E-state index contributed by atoms with van der Waals surface area (Å²) in [5, 5.41) is 8.78. The number of hydrogen-bond donors (Lipinski definition) is 3. The van der Waals surface area contributed by atoms with Crippen LogP contribution in [0.2, 0.25) is 12.1 Å². The number of hydrogen-bond acceptors (Lipinski definition) is 11. The van der Waals surface area contributed by atoms with Gasteiger partial charge in [-0.3, -0.25) is 0 Å². The van der Waals surface area contributed by atoms with E-state index in [0.29, 0.717) is 127 Å². The molecule has 6 amide bonds. The third-order valence-electron chi connectivity index (χ3n) is 8.17. The first-order chi connectivity index (χ1) is 26.1. The van der Waals surface area contributed by atoms with Crippen LogP contribution in [0.5, 0.6) is 0 Å². The summed E-state index contributed by atoms with van der Waals surface area (Å²) in [7, 11) is -5.07. The van der Waals surface area contributed by atoms with Crippen LogP contribution in [0, 0.1) is 0 Å². The van der Waals surface area contributed by atoms with E-state index in [1.165, 1.54) is 0 Å². The Morgan fingerprint density at radius 2 is 1.13 bits per heavy atom. The van der Waals surface area contributed by atoms with Crippen LogP contribution in [0.4, 0.5) is 14.4 Å². The number of amides is 6. The van der Waals surface area contributed by atoms with Crippen LogP contribution in [-0.2, 0) is 48.8 Å². The average Bonchev–Trinajstić information content (AvgIpc) is 3.97. The van der Waals surface area contributed by atoms with Crippen LogP contribution in [0.15, 0.2) is 24.3 Å². The molecule has 2 rings (SSSR count). The maximum absolute atomic E-state index is 13.5. The summed E-state index contributed by atoms with van der Waals surface area (Å²) in [6.07, 6.45) is 1.82. The summed E-state index contributed by atoms with van der Waals surface area (Å²) < 4.78 is 46.4. The third-order valence-corrected chi connectivity index (χ3v) is 14.9. The summed E-state index contributed by atoms with van der Waals surface area (Å²) in [4.78, 5) is 43.2. The van der Waals surface area contributed by atoms with Gasteiger partial charge in [-0.2, -0.15) is 0 Å². The molecule has 0 aromatic heterocycles. The highest BCUT2D eigenvalue weighted by Gasteiger charge is 2.40. The Bertz CT molecular complexity index is 1190. The highest BCUT2D eigenvalue weighted by Crippen LogP contribution is 2.20. The van der Waals surface area contributed by atoms with E-state index in [9.17, 15) is 14.4 Å².